The molecule has 1 aliphatic rings. The minimum atomic E-state index is 0.0398. The fourth-order valence-corrected chi connectivity index (χ4v) is 2.45. The number of nitrogens with one attached hydrogen (secondary N) is 2. The molecule has 0 aliphatic heterocycles. The van der Waals surface area contributed by atoms with E-state index in [2.05, 4.69) is 17.6 Å². The molecule has 2 N–H and O–H groups in total. The summed E-state index contributed by atoms with van der Waals surface area (Å²) in [6.07, 6.45) is 10.1. The molecule has 1 amide bonds. The maximum absolute atomic E-state index is 11.5. The summed E-state index contributed by atoms with van der Waals surface area (Å²) in [5.74, 6) is 0.0398. The van der Waals surface area contributed by atoms with Crippen molar-refractivity contribution in [3.05, 3.63) is 0 Å². The van der Waals surface area contributed by atoms with Crippen LogP contribution in [0.3, 0.4) is 0 Å². The maximum Gasteiger partial charge on any atom is 0.226 e. The van der Waals surface area contributed by atoms with Crippen LogP contribution in [0, 0.1) is 0 Å². The van der Waals surface area contributed by atoms with E-state index < -0.39 is 0 Å². The molecule has 0 aromatic heterocycles. The normalized spacial score (nSPS) is 17.2. The Morgan fingerprint density at radius 2 is 1.88 bits per heavy atom. The highest BCUT2D eigenvalue weighted by Crippen LogP contribution is 2.16. The third-order valence-electron chi connectivity index (χ3n) is 3.20. The van der Waals surface area contributed by atoms with E-state index in [-0.39, 0.29) is 5.91 Å². The number of hydrogen-bond acceptors (Lipinski definition) is 2. The minimum Gasteiger partial charge on any atom is -0.360 e. The van der Waals surface area contributed by atoms with E-state index in [1.165, 1.54) is 38.5 Å². The van der Waals surface area contributed by atoms with Gasteiger partial charge >= 0.3 is 0 Å². The van der Waals surface area contributed by atoms with Crippen molar-refractivity contribution < 1.29 is 4.79 Å². The van der Waals surface area contributed by atoms with E-state index in [0.717, 1.165) is 12.8 Å². The first-order valence-electron chi connectivity index (χ1n) is 6.82. The van der Waals surface area contributed by atoms with Gasteiger partial charge in [-0.1, -0.05) is 39.0 Å². The molecule has 3 nitrogen and oxygen atoms in total. The van der Waals surface area contributed by atoms with Crippen molar-refractivity contribution >= 4 is 23.2 Å². The summed E-state index contributed by atoms with van der Waals surface area (Å²) in [6.45, 7) is 2.08. The number of hydrogen-bond donors (Lipinski definition) is 2. The van der Waals surface area contributed by atoms with Gasteiger partial charge in [0.2, 0.25) is 5.91 Å². The molecule has 17 heavy (non-hydrogen) atoms. The first kappa shape index (κ1) is 14.4. The van der Waals surface area contributed by atoms with Crippen molar-refractivity contribution in [1.29, 1.82) is 0 Å². The highest BCUT2D eigenvalue weighted by atomic mass is 32.1. The molecule has 1 fully saturated rings. The number of carbonyl (C=O) groups excluding carboxylic acids is 1. The molecule has 4 heteroatoms. The van der Waals surface area contributed by atoms with Gasteiger partial charge in [0, 0.05) is 12.5 Å². The van der Waals surface area contributed by atoms with Gasteiger partial charge in [-0.15, -0.1) is 0 Å². The van der Waals surface area contributed by atoms with Crippen LogP contribution in [-0.4, -0.2) is 17.1 Å². The molecule has 0 heterocycles. The number of rotatable bonds is 4. The highest BCUT2D eigenvalue weighted by Gasteiger charge is 2.13. The second-order valence-electron chi connectivity index (χ2n) is 4.81. The van der Waals surface area contributed by atoms with E-state index in [1.54, 1.807) is 0 Å². The zero-order valence-corrected chi connectivity index (χ0v) is 11.6. The van der Waals surface area contributed by atoms with Crippen LogP contribution in [-0.2, 0) is 4.79 Å². The van der Waals surface area contributed by atoms with Crippen LogP contribution in [0.2, 0.25) is 0 Å². The van der Waals surface area contributed by atoms with Crippen LogP contribution in [0.25, 0.3) is 0 Å². The maximum atomic E-state index is 11.5. The lowest BCUT2D eigenvalue weighted by Crippen LogP contribution is -2.44. The molecule has 1 rings (SSSR count). The van der Waals surface area contributed by atoms with Crippen molar-refractivity contribution in [1.82, 2.24) is 10.6 Å². The minimum absolute atomic E-state index is 0.0398. The third kappa shape index (κ3) is 6.61. The first-order chi connectivity index (χ1) is 8.22. The number of amides is 1. The summed E-state index contributed by atoms with van der Waals surface area (Å²) >= 11 is 5.16. The SMILES string of the molecule is CCCCC(=O)NC(=S)NC1CCCCCC1. The van der Waals surface area contributed by atoms with Crippen LogP contribution in [0.1, 0.15) is 64.7 Å². The van der Waals surface area contributed by atoms with Crippen molar-refractivity contribution in [2.75, 3.05) is 0 Å². The molecule has 0 unspecified atom stereocenters. The molecule has 0 bridgehead atoms. The zero-order valence-electron chi connectivity index (χ0n) is 10.8. The number of unbranched alkanes of at least 4 members (excludes halogenated alkanes) is 1. The van der Waals surface area contributed by atoms with Crippen molar-refractivity contribution in [2.24, 2.45) is 0 Å². The van der Waals surface area contributed by atoms with Gasteiger partial charge in [0.15, 0.2) is 5.11 Å². The Labute approximate surface area is 110 Å². The predicted molar refractivity (Wildman–Crippen MR) is 74.9 cm³/mol. The van der Waals surface area contributed by atoms with E-state index >= 15 is 0 Å². The Balaban J connectivity index is 2.20. The van der Waals surface area contributed by atoms with Gasteiger partial charge in [0.1, 0.15) is 0 Å². The largest absolute Gasteiger partial charge is 0.360 e. The van der Waals surface area contributed by atoms with Crippen molar-refractivity contribution in [3.8, 4) is 0 Å². The van der Waals surface area contributed by atoms with Gasteiger partial charge in [0.05, 0.1) is 0 Å². The van der Waals surface area contributed by atoms with Crippen LogP contribution >= 0.6 is 12.2 Å². The highest BCUT2D eigenvalue weighted by molar-refractivity contribution is 7.80. The molecule has 1 saturated carbocycles. The smallest absolute Gasteiger partial charge is 0.226 e. The van der Waals surface area contributed by atoms with Crippen LogP contribution < -0.4 is 10.6 Å². The average Bonchev–Trinajstić information content (AvgIpc) is 2.54. The molecule has 1 aliphatic carbocycles. The molecular formula is C13H24N2OS. The molecule has 0 aromatic rings. The van der Waals surface area contributed by atoms with Gasteiger partial charge < -0.3 is 10.6 Å². The van der Waals surface area contributed by atoms with Crippen LogP contribution in [0.5, 0.6) is 0 Å². The summed E-state index contributed by atoms with van der Waals surface area (Å²) in [6, 6.07) is 0.455. The second kappa shape index (κ2) is 8.45. The van der Waals surface area contributed by atoms with E-state index in [4.69, 9.17) is 12.2 Å². The molecule has 0 atom stereocenters. The van der Waals surface area contributed by atoms with Gasteiger partial charge in [-0.3, -0.25) is 4.79 Å². The van der Waals surface area contributed by atoms with Crippen LogP contribution in [0.15, 0.2) is 0 Å². The Hall–Kier alpha value is -0.640. The summed E-state index contributed by atoms with van der Waals surface area (Å²) in [5, 5.41) is 6.54. The lowest BCUT2D eigenvalue weighted by Gasteiger charge is -2.18. The van der Waals surface area contributed by atoms with Gasteiger partial charge in [-0.05, 0) is 31.5 Å². The standard InChI is InChI=1S/C13H24N2OS/c1-2-3-10-12(16)15-13(17)14-11-8-6-4-5-7-9-11/h11H,2-10H2,1H3,(H2,14,15,16,17). The molecule has 98 valence electrons. The van der Waals surface area contributed by atoms with Crippen molar-refractivity contribution in [2.45, 2.75) is 70.8 Å². The monoisotopic (exact) mass is 256 g/mol. The molecule has 0 saturated heterocycles. The molecule has 0 aromatic carbocycles. The Bertz CT molecular complexity index is 248. The Kier molecular flexibility index (Phi) is 7.17. The summed E-state index contributed by atoms with van der Waals surface area (Å²) < 4.78 is 0. The van der Waals surface area contributed by atoms with Crippen molar-refractivity contribution in [3.63, 3.8) is 0 Å². The summed E-state index contributed by atoms with van der Waals surface area (Å²) in [7, 11) is 0. The van der Waals surface area contributed by atoms with E-state index in [1.807, 2.05) is 0 Å². The summed E-state index contributed by atoms with van der Waals surface area (Å²) in [5.41, 5.74) is 0. The molecule has 0 radical (unpaired) electrons. The first-order valence-corrected chi connectivity index (χ1v) is 7.23. The molecular weight excluding hydrogens is 232 g/mol. The topological polar surface area (TPSA) is 41.1 Å². The Morgan fingerprint density at radius 3 is 2.47 bits per heavy atom. The van der Waals surface area contributed by atoms with Gasteiger partial charge in [0.25, 0.3) is 0 Å². The van der Waals surface area contributed by atoms with Crippen LogP contribution in [0.4, 0.5) is 0 Å². The third-order valence-corrected chi connectivity index (χ3v) is 3.42. The lowest BCUT2D eigenvalue weighted by molar-refractivity contribution is -0.119. The number of thiocarbonyl (C=S) groups is 1. The van der Waals surface area contributed by atoms with E-state index in [9.17, 15) is 4.79 Å². The number of carbonyl (C=O) groups is 1. The Morgan fingerprint density at radius 1 is 1.24 bits per heavy atom. The lowest BCUT2D eigenvalue weighted by atomic mass is 10.1. The van der Waals surface area contributed by atoms with Gasteiger partial charge in [-0.25, -0.2) is 0 Å². The average molecular weight is 256 g/mol. The zero-order chi connectivity index (χ0) is 12.5. The van der Waals surface area contributed by atoms with E-state index in [0.29, 0.717) is 17.6 Å². The van der Waals surface area contributed by atoms with Gasteiger partial charge in [-0.2, -0.15) is 0 Å². The second-order valence-corrected chi connectivity index (χ2v) is 5.22. The predicted octanol–water partition coefficient (Wildman–Crippen LogP) is 2.89. The summed E-state index contributed by atoms with van der Waals surface area (Å²) in [4.78, 5) is 11.5. The molecule has 0 spiro atoms. The fraction of sp³-hybridized carbons (Fsp3) is 0.846. The quantitative estimate of drug-likeness (QED) is 0.600. The fourth-order valence-electron chi connectivity index (χ4n) is 2.17.